The molecule has 0 aliphatic carbocycles. The van der Waals surface area contributed by atoms with Gasteiger partial charge in [0.2, 0.25) is 0 Å². The molecule has 0 aliphatic rings. The molecule has 1 aromatic heterocycles. The first-order chi connectivity index (χ1) is 7.39. The molecule has 0 bridgehead atoms. The second-order valence-corrected chi connectivity index (χ2v) is 6.89. The predicted molar refractivity (Wildman–Crippen MR) is 73.2 cm³/mol. The van der Waals surface area contributed by atoms with Crippen LogP contribution in [-0.2, 0) is 11.8 Å². The Kier molecular flexibility index (Phi) is 4.90. The van der Waals surface area contributed by atoms with Gasteiger partial charge in [-0.25, -0.2) is 0 Å². The van der Waals surface area contributed by atoms with Crippen LogP contribution in [0.25, 0.3) is 0 Å². The van der Waals surface area contributed by atoms with Gasteiger partial charge in [0.15, 0.2) is 0 Å². The highest BCUT2D eigenvalue weighted by molar-refractivity contribution is 7.99. The van der Waals surface area contributed by atoms with Gasteiger partial charge in [-0.2, -0.15) is 16.9 Å². The lowest BCUT2D eigenvalue weighted by Gasteiger charge is -2.14. The molecule has 0 atom stereocenters. The standard InChI is InChI=1S/C13H24N2S/c1-10(2)9-16-7-6-11-8-12(15-14-11)13(3,4)5/h8,10H,6-7,9H2,1-5H3,(H,14,15). The Morgan fingerprint density at radius 1 is 1.38 bits per heavy atom. The van der Waals surface area contributed by atoms with Crippen molar-refractivity contribution in [1.29, 1.82) is 0 Å². The Labute approximate surface area is 104 Å². The Hall–Kier alpha value is -0.440. The molecular weight excluding hydrogens is 216 g/mol. The van der Waals surface area contributed by atoms with Gasteiger partial charge in [0.1, 0.15) is 0 Å². The van der Waals surface area contributed by atoms with Gasteiger partial charge in [-0.05, 0) is 23.5 Å². The first-order valence-corrected chi connectivity index (χ1v) is 7.17. The van der Waals surface area contributed by atoms with Gasteiger partial charge in [0, 0.05) is 17.5 Å². The average Bonchev–Trinajstić information content (AvgIpc) is 2.59. The van der Waals surface area contributed by atoms with Crippen molar-refractivity contribution in [2.75, 3.05) is 11.5 Å². The monoisotopic (exact) mass is 240 g/mol. The highest BCUT2D eigenvalue weighted by Gasteiger charge is 2.16. The van der Waals surface area contributed by atoms with Crippen molar-refractivity contribution in [3.63, 3.8) is 0 Å². The number of hydrogen-bond acceptors (Lipinski definition) is 2. The Balaban J connectivity index is 2.36. The molecule has 0 spiro atoms. The summed E-state index contributed by atoms with van der Waals surface area (Å²) in [7, 11) is 0. The van der Waals surface area contributed by atoms with E-state index in [2.05, 4.69) is 50.9 Å². The second kappa shape index (κ2) is 5.76. The van der Waals surface area contributed by atoms with Crippen LogP contribution in [0.15, 0.2) is 6.07 Å². The fourth-order valence-electron chi connectivity index (χ4n) is 1.37. The molecule has 1 aromatic rings. The molecule has 0 saturated heterocycles. The molecule has 0 aromatic carbocycles. The molecule has 0 saturated carbocycles. The van der Waals surface area contributed by atoms with Crippen LogP contribution in [0.5, 0.6) is 0 Å². The zero-order chi connectivity index (χ0) is 12.2. The highest BCUT2D eigenvalue weighted by Crippen LogP contribution is 2.20. The number of aryl methyl sites for hydroxylation is 1. The molecule has 0 unspecified atom stereocenters. The van der Waals surface area contributed by atoms with Crippen LogP contribution in [0.1, 0.15) is 46.0 Å². The molecule has 1 rings (SSSR count). The van der Waals surface area contributed by atoms with Crippen LogP contribution in [0.4, 0.5) is 0 Å². The van der Waals surface area contributed by atoms with E-state index in [4.69, 9.17) is 0 Å². The Morgan fingerprint density at radius 2 is 2.06 bits per heavy atom. The molecule has 0 fully saturated rings. The van der Waals surface area contributed by atoms with E-state index in [0.29, 0.717) is 0 Å². The maximum absolute atomic E-state index is 4.36. The lowest BCUT2D eigenvalue weighted by molar-refractivity contribution is 0.567. The van der Waals surface area contributed by atoms with Crippen molar-refractivity contribution in [2.24, 2.45) is 5.92 Å². The van der Waals surface area contributed by atoms with E-state index in [1.165, 1.54) is 22.9 Å². The number of nitrogens with zero attached hydrogens (tertiary/aromatic N) is 1. The number of nitrogens with one attached hydrogen (secondary N) is 1. The molecule has 3 heteroatoms. The summed E-state index contributed by atoms with van der Waals surface area (Å²) in [6, 6.07) is 2.20. The quantitative estimate of drug-likeness (QED) is 0.796. The molecule has 0 aliphatic heterocycles. The van der Waals surface area contributed by atoms with Crippen molar-refractivity contribution in [3.05, 3.63) is 17.5 Å². The van der Waals surface area contributed by atoms with Crippen molar-refractivity contribution < 1.29 is 0 Å². The molecular formula is C13H24N2S. The largest absolute Gasteiger partial charge is 0.282 e. The van der Waals surface area contributed by atoms with Gasteiger partial charge in [-0.1, -0.05) is 34.6 Å². The number of aromatic amines is 1. The Morgan fingerprint density at radius 3 is 2.56 bits per heavy atom. The first-order valence-electron chi connectivity index (χ1n) is 6.02. The second-order valence-electron chi connectivity index (χ2n) is 5.74. The minimum Gasteiger partial charge on any atom is -0.282 e. The molecule has 2 nitrogen and oxygen atoms in total. The van der Waals surface area contributed by atoms with E-state index in [-0.39, 0.29) is 5.41 Å². The lowest BCUT2D eigenvalue weighted by Crippen LogP contribution is -2.11. The normalized spacial score (nSPS) is 12.4. The SMILES string of the molecule is CC(C)CSCCc1cc(C(C)(C)C)[nH]n1. The number of rotatable bonds is 5. The molecule has 0 radical (unpaired) electrons. The fourth-order valence-corrected chi connectivity index (χ4v) is 2.36. The van der Waals surface area contributed by atoms with Crippen LogP contribution in [-0.4, -0.2) is 21.7 Å². The maximum Gasteiger partial charge on any atom is 0.0633 e. The van der Waals surface area contributed by atoms with Gasteiger partial charge >= 0.3 is 0 Å². The number of thioether (sulfide) groups is 1. The summed E-state index contributed by atoms with van der Waals surface area (Å²) in [5.41, 5.74) is 2.61. The van der Waals surface area contributed by atoms with E-state index in [1.54, 1.807) is 0 Å². The minimum absolute atomic E-state index is 0.177. The van der Waals surface area contributed by atoms with Gasteiger partial charge in [-0.15, -0.1) is 0 Å². The molecule has 92 valence electrons. The van der Waals surface area contributed by atoms with Crippen molar-refractivity contribution in [1.82, 2.24) is 10.2 Å². The van der Waals surface area contributed by atoms with Crippen molar-refractivity contribution >= 4 is 11.8 Å². The highest BCUT2D eigenvalue weighted by atomic mass is 32.2. The van der Waals surface area contributed by atoms with Crippen molar-refractivity contribution in [2.45, 2.75) is 46.5 Å². The zero-order valence-corrected chi connectivity index (χ0v) is 11.9. The summed E-state index contributed by atoms with van der Waals surface area (Å²) < 4.78 is 0. The third kappa shape index (κ3) is 4.60. The molecule has 0 amide bonds. The van der Waals surface area contributed by atoms with Crippen molar-refractivity contribution in [3.8, 4) is 0 Å². The van der Waals surface area contributed by atoms with Crippen LogP contribution in [0.2, 0.25) is 0 Å². The van der Waals surface area contributed by atoms with Crippen LogP contribution < -0.4 is 0 Å². The van der Waals surface area contributed by atoms with Gasteiger partial charge < -0.3 is 0 Å². The molecule has 1 heterocycles. The summed E-state index contributed by atoms with van der Waals surface area (Å²) in [4.78, 5) is 0. The summed E-state index contributed by atoms with van der Waals surface area (Å²) in [5.74, 6) is 3.21. The molecule has 1 N–H and O–H groups in total. The zero-order valence-electron chi connectivity index (χ0n) is 11.1. The van der Waals surface area contributed by atoms with E-state index in [9.17, 15) is 0 Å². The molecule has 16 heavy (non-hydrogen) atoms. The fraction of sp³-hybridized carbons (Fsp3) is 0.769. The number of H-pyrrole nitrogens is 1. The van der Waals surface area contributed by atoms with E-state index >= 15 is 0 Å². The first kappa shape index (κ1) is 13.6. The third-order valence-electron chi connectivity index (χ3n) is 2.39. The van der Waals surface area contributed by atoms with E-state index in [0.717, 1.165) is 12.3 Å². The summed E-state index contributed by atoms with van der Waals surface area (Å²) in [6.07, 6.45) is 1.07. The third-order valence-corrected chi connectivity index (χ3v) is 3.79. The summed E-state index contributed by atoms with van der Waals surface area (Å²) in [5, 5.41) is 7.50. The predicted octanol–water partition coefficient (Wildman–Crippen LogP) is 3.64. The van der Waals surface area contributed by atoms with Crippen LogP contribution in [0, 0.1) is 5.92 Å². The van der Waals surface area contributed by atoms with Gasteiger partial charge in [0.05, 0.1) is 5.69 Å². The summed E-state index contributed by atoms with van der Waals surface area (Å²) >= 11 is 2.02. The van der Waals surface area contributed by atoms with Gasteiger partial charge in [0.25, 0.3) is 0 Å². The summed E-state index contributed by atoms with van der Waals surface area (Å²) in [6.45, 7) is 11.1. The van der Waals surface area contributed by atoms with Crippen LogP contribution in [0.3, 0.4) is 0 Å². The Bertz CT molecular complexity index is 310. The topological polar surface area (TPSA) is 28.7 Å². The van der Waals surface area contributed by atoms with E-state index in [1.807, 2.05) is 11.8 Å². The maximum atomic E-state index is 4.36. The average molecular weight is 240 g/mol. The lowest BCUT2D eigenvalue weighted by atomic mass is 9.92. The van der Waals surface area contributed by atoms with Crippen LogP contribution >= 0.6 is 11.8 Å². The van der Waals surface area contributed by atoms with E-state index < -0.39 is 0 Å². The number of aromatic nitrogens is 2. The smallest absolute Gasteiger partial charge is 0.0633 e. The van der Waals surface area contributed by atoms with Gasteiger partial charge in [-0.3, -0.25) is 5.10 Å². The minimum atomic E-state index is 0.177. The number of hydrogen-bond donors (Lipinski definition) is 1.